The van der Waals surface area contributed by atoms with E-state index in [0.29, 0.717) is 83.2 Å². The minimum absolute atomic E-state index is 0.000667. The molecule has 24 nitrogen and oxygen atoms in total. The quantitative estimate of drug-likeness (QED) is 0.0658. The van der Waals surface area contributed by atoms with Crippen molar-refractivity contribution in [1.82, 2.24) is 70.4 Å². The molecule has 11 heterocycles. The van der Waals surface area contributed by atoms with Gasteiger partial charge in [-0.05, 0) is 68.2 Å². The number of thiazole rings is 6. The summed E-state index contributed by atoms with van der Waals surface area (Å²) < 4.78 is 0. The first-order valence-corrected chi connectivity index (χ1v) is 35.9. The minimum atomic E-state index is -1.41. The number of nitrogens with zero attached hydrogens (tertiary/aromatic N) is 11. The third-order valence-corrected chi connectivity index (χ3v) is 22.8. The Kier molecular flexibility index (Phi) is 19.2. The lowest BCUT2D eigenvalue weighted by Gasteiger charge is -2.36. The number of carbonyl (C=O) groups excluding carboxylic acids is 6. The van der Waals surface area contributed by atoms with Gasteiger partial charge in [0.25, 0.3) is 23.6 Å². The lowest BCUT2D eigenvalue weighted by Crippen LogP contribution is -2.50. The van der Waals surface area contributed by atoms with Gasteiger partial charge in [-0.2, -0.15) is 0 Å². The number of pyridine rings is 1. The monoisotopic (exact) mass is 1380 g/mol. The molecule has 0 spiro atoms. The summed E-state index contributed by atoms with van der Waals surface area (Å²) in [6.45, 7) is 10.5. The van der Waals surface area contributed by atoms with Crippen molar-refractivity contribution in [1.29, 1.82) is 0 Å². The van der Waals surface area contributed by atoms with E-state index >= 15 is 4.79 Å². The van der Waals surface area contributed by atoms with Crippen LogP contribution in [0.4, 0.5) is 0 Å². The molecule has 10 bridgehead atoms. The Labute approximate surface area is 563 Å². The Morgan fingerprint density at radius 2 is 1.27 bits per heavy atom. The predicted octanol–water partition coefficient (Wildman–Crippen LogP) is 7.53. The number of likely N-dealkylation sites (tertiary alicyclic amines) is 1. The van der Waals surface area contributed by atoms with Crippen molar-refractivity contribution >= 4 is 103 Å². The average molecular weight is 1380 g/mol. The number of aliphatic hydroxyl groups excluding tert-OH is 2. The minimum Gasteiger partial charge on any atom is -0.508 e. The molecule has 30 heteroatoms. The van der Waals surface area contributed by atoms with E-state index in [1.165, 1.54) is 87.0 Å². The number of nitrogens with one attached hydrogen (secondary N) is 3. The zero-order valence-electron chi connectivity index (χ0n) is 50.9. The first kappa shape index (κ1) is 64.5. The van der Waals surface area contributed by atoms with E-state index < -0.39 is 71.8 Å². The van der Waals surface area contributed by atoms with Gasteiger partial charge in [-0.15, -0.1) is 68.0 Å². The number of amides is 6. The number of aromatic hydroxyl groups is 1. The van der Waals surface area contributed by atoms with Gasteiger partial charge in [-0.1, -0.05) is 55.8 Å². The van der Waals surface area contributed by atoms with Crippen LogP contribution in [0.15, 0.2) is 93.6 Å². The van der Waals surface area contributed by atoms with Crippen LogP contribution in [0.25, 0.3) is 43.4 Å². The van der Waals surface area contributed by atoms with Crippen LogP contribution in [0, 0.1) is 12.8 Å². The van der Waals surface area contributed by atoms with Gasteiger partial charge in [0.2, 0.25) is 11.8 Å². The summed E-state index contributed by atoms with van der Waals surface area (Å²) in [4.78, 5) is 129. The summed E-state index contributed by atoms with van der Waals surface area (Å²) >= 11 is 7.12. The Morgan fingerprint density at radius 3 is 2.02 bits per heavy atom. The van der Waals surface area contributed by atoms with Crippen LogP contribution in [-0.4, -0.2) is 176 Å². The number of hydrogen-bond donors (Lipinski definition) is 7. The van der Waals surface area contributed by atoms with E-state index in [4.69, 9.17) is 30.7 Å². The molecule has 6 amide bonds. The highest BCUT2D eigenvalue weighted by Crippen LogP contribution is 2.43. The first-order chi connectivity index (χ1) is 45.5. The van der Waals surface area contributed by atoms with Crippen LogP contribution in [0.5, 0.6) is 5.75 Å². The van der Waals surface area contributed by atoms with Crippen molar-refractivity contribution < 1.29 is 44.1 Å². The van der Waals surface area contributed by atoms with Crippen molar-refractivity contribution in [2.24, 2.45) is 11.7 Å². The van der Waals surface area contributed by atoms with E-state index in [2.05, 4.69) is 35.7 Å². The van der Waals surface area contributed by atoms with Crippen molar-refractivity contribution in [3.63, 3.8) is 0 Å². The summed E-state index contributed by atoms with van der Waals surface area (Å²) in [5.41, 5.74) is 9.24. The maximum atomic E-state index is 15.2. The van der Waals surface area contributed by atoms with Crippen LogP contribution < -0.4 is 21.7 Å². The number of nitrogens with two attached hydrogens (primary N) is 1. The topological polar surface area (TPSA) is 328 Å². The van der Waals surface area contributed by atoms with Crippen molar-refractivity contribution in [2.75, 3.05) is 58.9 Å². The molecule has 3 fully saturated rings. The fourth-order valence-electron chi connectivity index (χ4n) is 12.1. The molecule has 7 aromatic heterocycles. The standard InChI is InChI=1S/C64H65N15O9S6/c1-33-47(81)27-79-52(33)62-72-45(31-93-62)59-69-42(28-90-59)50-38(15-16-39(66-50)58-73-46(32-91-58)63(87)78-23-21-77(22-24-78)20-19-76-17-7-4-8-18-76)57-70-43(29-89-57)54(84)67-40(26-48(65)82)60-75-49(34(2)94-60)56(86)74-51(53(83)36-9-5-3-6-10-36)61-71-44(30-92-61)55(85)68-41(64(79)88)25-35-11-13-37(80)14-12-35/h3,5-6,9-16,28-33,40-41,47,51-53,80-81,83H,4,7-8,17-27H2,1-2H3,(H2,65,82)(H,67,84)(H,68,85)(H,74,86)/t33-,40-,41+,47-,51-,52-,53+/m0/s1. The molecule has 0 radical (unpaired) electrons. The number of rotatable bonds is 11. The molecule has 3 saturated heterocycles. The van der Waals surface area contributed by atoms with Crippen LogP contribution >= 0.6 is 68.0 Å². The molecular formula is C64H65N15O9S6. The largest absolute Gasteiger partial charge is 0.508 e. The Hall–Kier alpha value is -8.17. The summed E-state index contributed by atoms with van der Waals surface area (Å²) in [5, 5.41) is 53.1. The average Bonchev–Trinajstić information content (AvgIpc) is 1.62. The van der Waals surface area contributed by atoms with Crippen LogP contribution in [-0.2, 0) is 16.0 Å². The van der Waals surface area contributed by atoms with Crippen LogP contribution in [0.1, 0.15) is 130 Å². The fraction of sp³-hybridized carbons (Fsp3) is 0.359. The SMILES string of the molecule is Cc1sc2nc1C(=O)N[C@@H]([C@H](O)c1ccccc1)c1nc(cs1)C(=O)N[C@H](Cc1ccc(O)cc1)C(=O)N1C[C@H](O)[C@H](C)[C@H]1c1nc(cs1)-c1nc(cs1)-c1nc(-c3nc(C(=O)N4CCN(CCN5CCCCC5)CC4)cs3)ccc1-c1nc(cs1)C(=O)N[C@H]2CC(N)=O. The Balaban J connectivity index is 0.856. The number of piperazine rings is 1. The Bertz CT molecular complexity index is 4270. The predicted molar refractivity (Wildman–Crippen MR) is 359 cm³/mol. The highest BCUT2D eigenvalue weighted by atomic mass is 32.1. The normalized spacial score (nSPS) is 21.3. The molecule has 9 aromatic rings. The number of aliphatic hydroxyl groups is 2. The number of phenols is 1. The number of aryl methyl sites for hydroxylation is 1. The van der Waals surface area contributed by atoms with Gasteiger partial charge in [0, 0.05) is 95.5 Å². The summed E-state index contributed by atoms with van der Waals surface area (Å²) in [5.74, 6) is -4.08. The van der Waals surface area contributed by atoms with Gasteiger partial charge in [0.05, 0.1) is 30.3 Å². The van der Waals surface area contributed by atoms with Crippen molar-refractivity contribution in [3.8, 4) is 49.1 Å². The van der Waals surface area contributed by atoms with Gasteiger partial charge in [0.15, 0.2) is 0 Å². The first-order valence-electron chi connectivity index (χ1n) is 30.7. The van der Waals surface area contributed by atoms with E-state index in [0.717, 1.165) is 61.9 Å². The van der Waals surface area contributed by atoms with Gasteiger partial charge in [-0.25, -0.2) is 34.9 Å². The number of benzene rings is 2. The molecule has 486 valence electrons. The second kappa shape index (κ2) is 28.0. The molecule has 2 aromatic carbocycles. The second-order valence-corrected chi connectivity index (χ2v) is 29.2. The molecule has 94 heavy (non-hydrogen) atoms. The number of primary amides is 1. The molecule has 0 unspecified atom stereocenters. The lowest BCUT2D eigenvalue weighted by molar-refractivity contribution is -0.134. The van der Waals surface area contributed by atoms with Gasteiger partial charge in [0.1, 0.15) is 93.8 Å². The second-order valence-electron chi connectivity index (χ2n) is 23.6. The van der Waals surface area contributed by atoms with E-state index in [9.17, 15) is 39.3 Å². The summed E-state index contributed by atoms with van der Waals surface area (Å²) in [6.07, 6.45) is 0.997. The third kappa shape index (κ3) is 14.0. The number of piperidine rings is 1. The zero-order valence-corrected chi connectivity index (χ0v) is 55.8. The maximum absolute atomic E-state index is 15.2. The smallest absolute Gasteiger partial charge is 0.273 e. The van der Waals surface area contributed by atoms with E-state index in [1.807, 2.05) is 28.7 Å². The highest BCUT2D eigenvalue weighted by molar-refractivity contribution is 7.15. The van der Waals surface area contributed by atoms with Crippen molar-refractivity contribution in [3.05, 3.63) is 147 Å². The van der Waals surface area contributed by atoms with Gasteiger partial charge < -0.3 is 51.7 Å². The maximum Gasteiger partial charge on any atom is 0.273 e. The molecule has 4 aliphatic rings. The molecular weight excluding hydrogens is 1320 g/mol. The van der Waals surface area contributed by atoms with Crippen LogP contribution in [0.3, 0.4) is 0 Å². The number of hydrogen-bond acceptors (Lipinski definition) is 24. The number of aromatic nitrogens is 7. The van der Waals surface area contributed by atoms with Crippen LogP contribution in [0.2, 0.25) is 0 Å². The molecule has 4 aliphatic heterocycles. The number of fused-ring (bicyclic) bond motifs is 16. The van der Waals surface area contributed by atoms with Crippen molar-refractivity contribution in [2.45, 2.75) is 82.3 Å². The van der Waals surface area contributed by atoms with Gasteiger partial charge in [-0.3, -0.25) is 33.7 Å². The molecule has 0 saturated carbocycles. The number of carbonyl (C=O) groups is 6. The summed E-state index contributed by atoms with van der Waals surface area (Å²) in [6, 6.07) is 14.0. The number of phenolic OH excluding ortho intramolecular Hbond substituents is 1. The Morgan fingerprint density at radius 1 is 0.628 bits per heavy atom. The highest BCUT2D eigenvalue weighted by Gasteiger charge is 2.46. The lowest BCUT2D eigenvalue weighted by atomic mass is 10.00. The molecule has 0 aliphatic carbocycles. The third-order valence-electron chi connectivity index (χ3n) is 17.3. The van der Waals surface area contributed by atoms with E-state index in [1.54, 1.807) is 66.2 Å². The van der Waals surface area contributed by atoms with E-state index in [-0.39, 0.29) is 58.1 Å². The molecule has 8 N–H and O–H groups in total. The molecule has 7 atom stereocenters. The zero-order chi connectivity index (χ0) is 65.3. The fourth-order valence-corrected chi connectivity index (χ4v) is 17.4. The van der Waals surface area contributed by atoms with Gasteiger partial charge >= 0.3 is 0 Å². The summed E-state index contributed by atoms with van der Waals surface area (Å²) in [7, 11) is 0. The molecule has 13 rings (SSSR count).